The molecule has 21 heavy (non-hydrogen) atoms. The summed E-state index contributed by atoms with van der Waals surface area (Å²) >= 11 is 1.46. The number of anilines is 1. The number of para-hydroxylation sites is 2. The molecule has 0 saturated carbocycles. The summed E-state index contributed by atoms with van der Waals surface area (Å²) < 4.78 is 4.87. The fourth-order valence-electron chi connectivity index (χ4n) is 1.99. The minimum atomic E-state index is -0.557. The fourth-order valence-corrected chi connectivity index (χ4v) is 3.07. The van der Waals surface area contributed by atoms with Crippen LogP contribution in [0.3, 0.4) is 0 Å². The zero-order valence-corrected chi connectivity index (χ0v) is 13.4. The molecule has 0 fully saturated rings. The van der Waals surface area contributed by atoms with E-state index in [2.05, 4.69) is 10.3 Å². The first-order valence-corrected chi connectivity index (χ1v) is 7.63. The predicted octanol–water partition coefficient (Wildman–Crippen LogP) is 3.01. The van der Waals surface area contributed by atoms with Crippen molar-refractivity contribution in [3.8, 4) is 5.75 Å². The predicted molar refractivity (Wildman–Crippen MR) is 85.9 cm³/mol. The Morgan fingerprint density at radius 1 is 1.43 bits per heavy atom. The Hall–Kier alpha value is -1.69. The van der Waals surface area contributed by atoms with Gasteiger partial charge in [0, 0.05) is 0 Å². The highest BCUT2D eigenvalue weighted by molar-refractivity contribution is 8.15. The number of nitrogens with one attached hydrogen (secondary N) is 1. The van der Waals surface area contributed by atoms with Gasteiger partial charge in [-0.3, -0.25) is 0 Å². The maximum atomic E-state index is 12.1. The molecule has 0 unspecified atom stereocenters. The molecule has 0 radical (unpaired) electrons. The van der Waals surface area contributed by atoms with Crippen LogP contribution >= 0.6 is 11.8 Å². The third-order valence-electron chi connectivity index (χ3n) is 2.99. The summed E-state index contributed by atoms with van der Waals surface area (Å²) in [6, 6.07) is 6.36. The summed E-state index contributed by atoms with van der Waals surface area (Å²) in [6.07, 6.45) is -0.163. The van der Waals surface area contributed by atoms with Crippen LogP contribution < -0.4 is 5.32 Å². The molecule has 0 bridgehead atoms. The Morgan fingerprint density at radius 2 is 2.10 bits per heavy atom. The lowest BCUT2D eigenvalue weighted by atomic mass is 10.0. The van der Waals surface area contributed by atoms with Crippen LogP contribution in [0.1, 0.15) is 27.7 Å². The van der Waals surface area contributed by atoms with E-state index >= 15 is 0 Å². The SMILES string of the molecule is CC(C)OC(=O)[C@H]1N=C(Nc2ccccc2O)SC1(C)C. The van der Waals surface area contributed by atoms with E-state index in [0.717, 1.165) is 0 Å². The summed E-state index contributed by atoms with van der Waals surface area (Å²) in [7, 11) is 0. The van der Waals surface area contributed by atoms with Crippen molar-refractivity contribution in [2.24, 2.45) is 4.99 Å². The number of rotatable bonds is 3. The first kappa shape index (κ1) is 15.7. The second-order valence-corrected chi connectivity index (χ2v) is 7.31. The number of ether oxygens (including phenoxy) is 1. The molecular formula is C15H20N2O3S. The van der Waals surface area contributed by atoms with Gasteiger partial charge in [-0.1, -0.05) is 23.9 Å². The van der Waals surface area contributed by atoms with Gasteiger partial charge in [0.1, 0.15) is 5.75 Å². The Kier molecular flexibility index (Phi) is 4.46. The van der Waals surface area contributed by atoms with Gasteiger partial charge in [0.25, 0.3) is 0 Å². The molecule has 1 heterocycles. The molecule has 114 valence electrons. The van der Waals surface area contributed by atoms with Gasteiger partial charge < -0.3 is 15.2 Å². The van der Waals surface area contributed by atoms with E-state index in [1.54, 1.807) is 18.2 Å². The number of esters is 1. The molecule has 1 aromatic rings. The van der Waals surface area contributed by atoms with Gasteiger partial charge in [0.2, 0.25) is 0 Å². The minimum Gasteiger partial charge on any atom is -0.506 e. The number of hydrogen-bond acceptors (Lipinski definition) is 6. The lowest BCUT2D eigenvalue weighted by Crippen LogP contribution is -2.37. The quantitative estimate of drug-likeness (QED) is 0.663. The van der Waals surface area contributed by atoms with Crippen molar-refractivity contribution in [3.63, 3.8) is 0 Å². The van der Waals surface area contributed by atoms with Crippen LogP contribution in [0.15, 0.2) is 29.3 Å². The maximum absolute atomic E-state index is 12.1. The Morgan fingerprint density at radius 3 is 2.71 bits per heavy atom. The minimum absolute atomic E-state index is 0.145. The molecule has 1 aromatic carbocycles. The standard InChI is InChI=1S/C15H20N2O3S/c1-9(2)20-13(19)12-15(3,4)21-14(17-12)16-10-7-5-6-8-11(10)18/h5-9,12,18H,1-4H3,(H,16,17)/t12-/m1/s1. The molecule has 5 nitrogen and oxygen atoms in total. The summed E-state index contributed by atoms with van der Waals surface area (Å²) in [6.45, 7) is 7.54. The second kappa shape index (κ2) is 5.97. The fraction of sp³-hybridized carbons (Fsp3) is 0.467. The largest absolute Gasteiger partial charge is 0.506 e. The number of phenols is 1. The van der Waals surface area contributed by atoms with Gasteiger partial charge in [-0.15, -0.1) is 0 Å². The van der Waals surface area contributed by atoms with Gasteiger partial charge >= 0.3 is 5.97 Å². The third-order valence-corrected chi connectivity index (χ3v) is 4.14. The van der Waals surface area contributed by atoms with Crippen LogP contribution in [0.4, 0.5) is 5.69 Å². The van der Waals surface area contributed by atoms with E-state index < -0.39 is 10.8 Å². The number of amidine groups is 1. The molecular weight excluding hydrogens is 288 g/mol. The highest BCUT2D eigenvalue weighted by atomic mass is 32.2. The lowest BCUT2D eigenvalue weighted by Gasteiger charge is -2.23. The van der Waals surface area contributed by atoms with Gasteiger partial charge in [-0.2, -0.15) is 0 Å². The van der Waals surface area contributed by atoms with Gasteiger partial charge in [-0.05, 0) is 39.8 Å². The Labute approximate surface area is 128 Å². The lowest BCUT2D eigenvalue weighted by molar-refractivity contribution is -0.149. The average Bonchev–Trinajstić information content (AvgIpc) is 2.66. The van der Waals surface area contributed by atoms with Crippen molar-refractivity contribution in [1.82, 2.24) is 0 Å². The number of hydrogen-bond donors (Lipinski definition) is 2. The van der Waals surface area contributed by atoms with Crippen LogP contribution in [-0.4, -0.2) is 33.1 Å². The summed E-state index contributed by atoms with van der Waals surface area (Å²) in [5, 5.41) is 13.4. The zero-order valence-electron chi connectivity index (χ0n) is 12.6. The van der Waals surface area contributed by atoms with E-state index in [9.17, 15) is 9.90 Å². The van der Waals surface area contributed by atoms with Crippen LogP contribution in [0.25, 0.3) is 0 Å². The number of carbonyl (C=O) groups excluding carboxylic acids is 1. The van der Waals surface area contributed by atoms with Crippen LogP contribution in [0.2, 0.25) is 0 Å². The van der Waals surface area contributed by atoms with E-state index in [1.165, 1.54) is 11.8 Å². The summed E-state index contributed by atoms with van der Waals surface area (Å²) in [5.74, 6) is -0.177. The Bertz CT molecular complexity index is 570. The van der Waals surface area contributed by atoms with Gasteiger partial charge in [0.15, 0.2) is 11.2 Å². The molecule has 2 N–H and O–H groups in total. The van der Waals surface area contributed by atoms with Crippen molar-refractivity contribution in [1.29, 1.82) is 0 Å². The van der Waals surface area contributed by atoms with Crippen molar-refractivity contribution >= 4 is 28.6 Å². The molecule has 0 spiro atoms. The number of phenolic OH excluding ortho intramolecular Hbond substituents is 1. The van der Waals surface area contributed by atoms with Crippen LogP contribution in [0.5, 0.6) is 5.75 Å². The van der Waals surface area contributed by atoms with Crippen LogP contribution in [0, 0.1) is 0 Å². The number of nitrogens with zero attached hydrogens (tertiary/aromatic N) is 1. The number of carbonyl (C=O) groups is 1. The topological polar surface area (TPSA) is 70.9 Å². The smallest absolute Gasteiger partial charge is 0.332 e. The highest BCUT2D eigenvalue weighted by Gasteiger charge is 2.43. The number of benzene rings is 1. The first-order chi connectivity index (χ1) is 9.79. The molecule has 0 saturated heterocycles. The van der Waals surface area contributed by atoms with Crippen molar-refractivity contribution < 1.29 is 14.6 Å². The number of thioether (sulfide) groups is 1. The summed E-state index contributed by atoms with van der Waals surface area (Å²) in [4.78, 5) is 16.5. The van der Waals surface area contributed by atoms with Gasteiger partial charge in [-0.25, -0.2) is 9.79 Å². The molecule has 0 amide bonds. The van der Waals surface area contributed by atoms with E-state index in [-0.39, 0.29) is 17.8 Å². The molecule has 2 rings (SSSR count). The average molecular weight is 308 g/mol. The second-order valence-electron chi connectivity index (χ2n) is 5.67. The molecule has 6 heteroatoms. The summed E-state index contributed by atoms with van der Waals surface area (Å²) in [5.41, 5.74) is 0.567. The van der Waals surface area contributed by atoms with Crippen molar-refractivity contribution in [2.45, 2.75) is 44.6 Å². The van der Waals surface area contributed by atoms with E-state index in [0.29, 0.717) is 10.9 Å². The van der Waals surface area contributed by atoms with Crippen LogP contribution in [-0.2, 0) is 9.53 Å². The molecule has 0 aliphatic carbocycles. The number of aromatic hydroxyl groups is 1. The Balaban J connectivity index is 2.15. The molecule has 1 aliphatic heterocycles. The maximum Gasteiger partial charge on any atom is 0.332 e. The monoisotopic (exact) mass is 308 g/mol. The van der Waals surface area contributed by atoms with Gasteiger partial charge in [0.05, 0.1) is 16.5 Å². The molecule has 0 aromatic heterocycles. The van der Waals surface area contributed by atoms with E-state index in [1.807, 2.05) is 33.8 Å². The zero-order chi connectivity index (χ0) is 15.6. The molecule has 1 aliphatic rings. The normalized spacial score (nSPS) is 20.2. The van der Waals surface area contributed by atoms with E-state index in [4.69, 9.17) is 4.74 Å². The van der Waals surface area contributed by atoms with Crippen molar-refractivity contribution in [2.75, 3.05) is 5.32 Å². The van der Waals surface area contributed by atoms with Crippen molar-refractivity contribution in [3.05, 3.63) is 24.3 Å². The third kappa shape index (κ3) is 3.69. The number of aliphatic imine (C=N–C) groups is 1. The highest BCUT2D eigenvalue weighted by Crippen LogP contribution is 2.39. The first-order valence-electron chi connectivity index (χ1n) is 6.82. The molecule has 1 atom stereocenters.